The van der Waals surface area contributed by atoms with E-state index in [2.05, 4.69) is 0 Å². The van der Waals surface area contributed by atoms with Gasteiger partial charge in [0.1, 0.15) is 0 Å². The van der Waals surface area contributed by atoms with Gasteiger partial charge in [-0.25, -0.2) is 0 Å². The van der Waals surface area contributed by atoms with E-state index in [0.717, 1.165) is 17.7 Å². The first-order chi connectivity index (χ1) is 9.88. The first-order valence-corrected chi connectivity index (χ1v) is 6.42. The second-order valence-electron chi connectivity index (χ2n) is 4.72. The summed E-state index contributed by atoms with van der Waals surface area (Å²) in [5.74, 6) is -0.533. The Bertz CT molecular complexity index is 650. The predicted octanol–water partition coefficient (Wildman–Crippen LogP) is 3.59. The Hall–Kier alpha value is -2.30. The lowest BCUT2D eigenvalue weighted by Crippen LogP contribution is -2.14. The van der Waals surface area contributed by atoms with Gasteiger partial charge in [-0.2, -0.15) is 13.2 Å². The van der Waals surface area contributed by atoms with Crippen LogP contribution in [0.4, 0.5) is 13.2 Å². The molecule has 110 valence electrons. The van der Waals surface area contributed by atoms with E-state index in [4.69, 9.17) is 5.73 Å². The molecule has 0 fully saturated rings. The third-order valence-corrected chi connectivity index (χ3v) is 3.22. The van der Waals surface area contributed by atoms with Gasteiger partial charge in [0.15, 0.2) is 0 Å². The first-order valence-electron chi connectivity index (χ1n) is 6.42. The van der Waals surface area contributed by atoms with E-state index in [9.17, 15) is 18.0 Å². The zero-order valence-electron chi connectivity index (χ0n) is 11.2. The van der Waals surface area contributed by atoms with Crippen LogP contribution in [0.1, 0.15) is 27.0 Å². The molecule has 2 N–H and O–H groups in total. The molecule has 1 amide bonds. The van der Waals surface area contributed by atoms with Gasteiger partial charge in [-0.15, -0.1) is 0 Å². The molecular weight excluding hydrogens is 279 g/mol. The van der Waals surface area contributed by atoms with Crippen LogP contribution >= 0.6 is 0 Å². The molecule has 0 saturated heterocycles. The smallest absolute Gasteiger partial charge is 0.366 e. The molecule has 0 unspecified atom stereocenters. The van der Waals surface area contributed by atoms with E-state index in [-0.39, 0.29) is 0 Å². The van der Waals surface area contributed by atoms with Gasteiger partial charge >= 0.3 is 6.18 Å². The lowest BCUT2D eigenvalue weighted by molar-refractivity contribution is -0.137. The molecule has 21 heavy (non-hydrogen) atoms. The number of hydrogen-bond donors (Lipinski definition) is 1. The number of carbonyl (C=O) groups is 1. The number of alkyl halides is 3. The van der Waals surface area contributed by atoms with Crippen molar-refractivity contribution in [1.29, 1.82) is 0 Å². The fourth-order valence-corrected chi connectivity index (χ4v) is 2.16. The average molecular weight is 293 g/mol. The number of carbonyl (C=O) groups excluding carboxylic acids is 1. The zero-order chi connectivity index (χ0) is 15.5. The minimum atomic E-state index is -4.35. The first kappa shape index (κ1) is 15.1. The van der Waals surface area contributed by atoms with Crippen LogP contribution in [0.15, 0.2) is 48.5 Å². The van der Waals surface area contributed by atoms with Crippen LogP contribution in [0, 0.1) is 0 Å². The second kappa shape index (κ2) is 5.99. The highest BCUT2D eigenvalue weighted by Gasteiger charge is 2.30. The molecule has 0 aliphatic carbocycles. The van der Waals surface area contributed by atoms with Crippen LogP contribution in [0.2, 0.25) is 0 Å². The van der Waals surface area contributed by atoms with Gasteiger partial charge in [0, 0.05) is 5.56 Å². The predicted molar refractivity (Wildman–Crippen MR) is 73.8 cm³/mol. The Kier molecular flexibility index (Phi) is 4.31. The summed E-state index contributed by atoms with van der Waals surface area (Å²) in [7, 11) is 0. The summed E-state index contributed by atoms with van der Waals surface area (Å²) >= 11 is 0. The van der Waals surface area contributed by atoms with Gasteiger partial charge in [0.2, 0.25) is 5.91 Å². The maximum absolute atomic E-state index is 12.6. The number of benzene rings is 2. The van der Waals surface area contributed by atoms with E-state index in [1.165, 1.54) is 6.07 Å². The summed E-state index contributed by atoms with van der Waals surface area (Å²) in [6.45, 7) is 0. The van der Waals surface area contributed by atoms with Crippen molar-refractivity contribution in [2.45, 2.75) is 19.0 Å². The van der Waals surface area contributed by atoms with Crippen LogP contribution in [0.5, 0.6) is 0 Å². The maximum atomic E-state index is 12.6. The summed E-state index contributed by atoms with van der Waals surface area (Å²) in [6, 6.07) is 12.0. The molecule has 2 aromatic rings. The fraction of sp³-hybridized carbons (Fsp3) is 0.188. The number of primary amides is 1. The van der Waals surface area contributed by atoms with Crippen molar-refractivity contribution in [1.82, 2.24) is 0 Å². The molecule has 0 aliphatic rings. The molecule has 2 rings (SSSR count). The molecule has 5 heteroatoms. The van der Waals surface area contributed by atoms with Crippen molar-refractivity contribution in [2.24, 2.45) is 5.73 Å². The number of aryl methyl sites for hydroxylation is 2. The Morgan fingerprint density at radius 2 is 1.71 bits per heavy atom. The number of rotatable bonds is 4. The van der Waals surface area contributed by atoms with Crippen LogP contribution in [0.25, 0.3) is 0 Å². The minimum absolute atomic E-state index is 0.407. The largest absolute Gasteiger partial charge is 0.416 e. The average Bonchev–Trinajstić information content (AvgIpc) is 2.45. The minimum Gasteiger partial charge on any atom is -0.366 e. The molecule has 0 heterocycles. The normalized spacial score (nSPS) is 11.4. The fourth-order valence-electron chi connectivity index (χ4n) is 2.16. The summed E-state index contributed by atoms with van der Waals surface area (Å²) in [5, 5.41) is 0. The molecular formula is C16H14F3NO. The lowest BCUT2D eigenvalue weighted by Gasteiger charge is -2.10. The van der Waals surface area contributed by atoms with Gasteiger partial charge in [0.05, 0.1) is 5.56 Å². The Morgan fingerprint density at radius 1 is 1.00 bits per heavy atom. The molecule has 2 aromatic carbocycles. The molecule has 0 radical (unpaired) electrons. The number of halogens is 3. The summed E-state index contributed by atoms with van der Waals surface area (Å²) in [6.07, 6.45) is -3.48. The number of amides is 1. The van der Waals surface area contributed by atoms with Crippen LogP contribution in [-0.4, -0.2) is 5.91 Å². The number of nitrogens with two attached hydrogens (primary N) is 1. The van der Waals surface area contributed by atoms with Crippen molar-refractivity contribution in [3.05, 3.63) is 70.8 Å². The zero-order valence-corrected chi connectivity index (χ0v) is 11.2. The van der Waals surface area contributed by atoms with Crippen molar-refractivity contribution in [3.8, 4) is 0 Å². The van der Waals surface area contributed by atoms with Gasteiger partial charge in [0.25, 0.3) is 0 Å². The highest BCUT2D eigenvalue weighted by Crippen LogP contribution is 2.29. The van der Waals surface area contributed by atoms with Crippen LogP contribution in [-0.2, 0) is 19.0 Å². The highest BCUT2D eigenvalue weighted by molar-refractivity contribution is 5.94. The second-order valence-corrected chi connectivity index (χ2v) is 4.72. The van der Waals surface area contributed by atoms with Crippen LogP contribution in [0.3, 0.4) is 0 Å². The molecule has 0 atom stereocenters. The molecule has 0 spiro atoms. The van der Waals surface area contributed by atoms with Crippen molar-refractivity contribution < 1.29 is 18.0 Å². The van der Waals surface area contributed by atoms with Crippen molar-refractivity contribution in [3.63, 3.8) is 0 Å². The third kappa shape index (κ3) is 3.84. The van der Waals surface area contributed by atoms with E-state index in [0.29, 0.717) is 24.0 Å². The monoisotopic (exact) mass is 293 g/mol. The molecule has 0 bridgehead atoms. The molecule has 0 aliphatic heterocycles. The number of hydrogen-bond acceptors (Lipinski definition) is 1. The Labute approximate surface area is 120 Å². The Balaban J connectivity index is 2.16. The van der Waals surface area contributed by atoms with Crippen molar-refractivity contribution in [2.75, 3.05) is 0 Å². The quantitative estimate of drug-likeness (QED) is 0.919. The topological polar surface area (TPSA) is 43.1 Å². The highest BCUT2D eigenvalue weighted by atomic mass is 19.4. The van der Waals surface area contributed by atoms with E-state index >= 15 is 0 Å². The lowest BCUT2D eigenvalue weighted by atomic mass is 9.98. The van der Waals surface area contributed by atoms with Gasteiger partial charge in [-0.05, 0) is 36.1 Å². The standard InChI is InChI=1S/C16H14F3NO/c17-16(18,19)13-6-3-4-11(10-13)8-9-12-5-1-2-7-14(12)15(20)21/h1-7,10H,8-9H2,(H2,20,21). The van der Waals surface area contributed by atoms with Gasteiger partial charge in [-0.3, -0.25) is 4.79 Å². The molecule has 2 nitrogen and oxygen atoms in total. The molecule has 0 aromatic heterocycles. The van der Waals surface area contributed by atoms with E-state index in [1.807, 2.05) is 0 Å². The summed E-state index contributed by atoms with van der Waals surface area (Å²) in [5.41, 5.74) is 6.33. The third-order valence-electron chi connectivity index (χ3n) is 3.22. The maximum Gasteiger partial charge on any atom is 0.416 e. The van der Waals surface area contributed by atoms with Crippen molar-refractivity contribution >= 4 is 5.91 Å². The summed E-state index contributed by atoms with van der Waals surface area (Å²) in [4.78, 5) is 11.3. The summed E-state index contributed by atoms with van der Waals surface area (Å²) < 4.78 is 37.9. The molecule has 0 saturated carbocycles. The Morgan fingerprint density at radius 3 is 2.38 bits per heavy atom. The van der Waals surface area contributed by atoms with Gasteiger partial charge < -0.3 is 5.73 Å². The van der Waals surface area contributed by atoms with Gasteiger partial charge in [-0.1, -0.05) is 36.4 Å². The van der Waals surface area contributed by atoms with E-state index < -0.39 is 17.6 Å². The van der Waals surface area contributed by atoms with E-state index in [1.54, 1.807) is 30.3 Å². The van der Waals surface area contributed by atoms with Crippen LogP contribution < -0.4 is 5.73 Å². The SMILES string of the molecule is NC(=O)c1ccccc1CCc1cccc(C(F)(F)F)c1.